The van der Waals surface area contributed by atoms with Crippen molar-refractivity contribution < 1.29 is 14.0 Å². The van der Waals surface area contributed by atoms with Crippen LogP contribution < -0.4 is 16.0 Å². The zero-order chi connectivity index (χ0) is 19.2. The van der Waals surface area contributed by atoms with Crippen LogP contribution in [0, 0.1) is 0 Å². The lowest BCUT2D eigenvalue weighted by atomic mass is 10.2. The Morgan fingerprint density at radius 2 is 1.59 bits per heavy atom. The Morgan fingerprint density at radius 3 is 2.30 bits per heavy atom. The molecule has 0 bridgehead atoms. The molecule has 0 atom stereocenters. The number of amides is 2. The second kappa shape index (κ2) is 8.61. The van der Waals surface area contributed by atoms with Crippen LogP contribution in [0.1, 0.15) is 20.9 Å². The van der Waals surface area contributed by atoms with Gasteiger partial charge in [-0.3, -0.25) is 14.9 Å². The molecule has 8 heteroatoms. The van der Waals surface area contributed by atoms with Crippen LogP contribution in [0.5, 0.6) is 0 Å². The summed E-state index contributed by atoms with van der Waals surface area (Å²) in [4.78, 5) is 24.4. The monoisotopic (exact) mass is 443 g/mol. The number of carbonyl (C=O) groups is 2. The van der Waals surface area contributed by atoms with Crippen LogP contribution in [0.4, 0.5) is 11.4 Å². The van der Waals surface area contributed by atoms with E-state index in [9.17, 15) is 9.59 Å². The molecule has 1 aromatic heterocycles. The molecule has 3 rings (SSSR count). The number of anilines is 2. The molecule has 3 aromatic rings. The number of hydrogen-bond acceptors (Lipinski definition) is 4. The van der Waals surface area contributed by atoms with Gasteiger partial charge in [0.05, 0.1) is 0 Å². The van der Waals surface area contributed by atoms with Gasteiger partial charge in [-0.15, -0.1) is 0 Å². The van der Waals surface area contributed by atoms with Gasteiger partial charge in [0.25, 0.3) is 11.8 Å². The Kier molecular flexibility index (Phi) is 6.00. The smallest absolute Gasteiger partial charge is 0.293 e. The molecule has 0 aliphatic carbocycles. The van der Waals surface area contributed by atoms with Crippen LogP contribution in [0.2, 0.25) is 0 Å². The van der Waals surface area contributed by atoms with Gasteiger partial charge in [0.15, 0.2) is 15.5 Å². The molecule has 0 saturated heterocycles. The SMILES string of the molecule is O=C(Nc1ccccc1)c1cccc(NC(=S)NC(=O)c2ccc(Br)o2)c1. The van der Waals surface area contributed by atoms with E-state index in [1.54, 1.807) is 42.5 Å². The topological polar surface area (TPSA) is 83.4 Å². The largest absolute Gasteiger partial charge is 0.444 e. The minimum atomic E-state index is -0.476. The number of thiocarbonyl (C=S) groups is 1. The van der Waals surface area contributed by atoms with Crippen molar-refractivity contribution in [1.29, 1.82) is 0 Å². The first-order valence-corrected chi connectivity index (χ1v) is 9.05. The average molecular weight is 444 g/mol. The van der Waals surface area contributed by atoms with Gasteiger partial charge in [0, 0.05) is 16.9 Å². The van der Waals surface area contributed by atoms with E-state index in [0.29, 0.717) is 21.6 Å². The fourth-order valence-electron chi connectivity index (χ4n) is 2.23. The van der Waals surface area contributed by atoms with Crippen LogP contribution >= 0.6 is 28.1 Å². The lowest BCUT2D eigenvalue weighted by Gasteiger charge is -2.10. The number of benzene rings is 2. The molecule has 0 saturated carbocycles. The summed E-state index contributed by atoms with van der Waals surface area (Å²) in [5.41, 5.74) is 1.72. The summed E-state index contributed by atoms with van der Waals surface area (Å²) in [6.07, 6.45) is 0. The number of rotatable bonds is 4. The molecule has 1 heterocycles. The number of furan rings is 1. The highest BCUT2D eigenvalue weighted by molar-refractivity contribution is 9.10. The highest BCUT2D eigenvalue weighted by Gasteiger charge is 2.13. The summed E-state index contributed by atoms with van der Waals surface area (Å²) in [6.45, 7) is 0. The average Bonchev–Trinajstić information content (AvgIpc) is 3.09. The van der Waals surface area contributed by atoms with E-state index >= 15 is 0 Å². The van der Waals surface area contributed by atoms with Crippen molar-refractivity contribution in [2.24, 2.45) is 0 Å². The van der Waals surface area contributed by atoms with E-state index in [1.807, 2.05) is 18.2 Å². The quantitative estimate of drug-likeness (QED) is 0.519. The summed E-state index contributed by atoms with van der Waals surface area (Å²) in [6, 6.07) is 19.1. The van der Waals surface area contributed by atoms with Crippen molar-refractivity contribution in [2.75, 3.05) is 10.6 Å². The van der Waals surface area contributed by atoms with E-state index in [1.165, 1.54) is 6.07 Å². The molecule has 0 radical (unpaired) electrons. The standard InChI is InChI=1S/C19H14BrN3O3S/c20-16-10-9-15(26-16)18(25)23-19(27)22-14-8-4-5-12(11-14)17(24)21-13-6-2-1-3-7-13/h1-11H,(H,21,24)(H2,22,23,25,27). The maximum absolute atomic E-state index is 12.4. The van der Waals surface area contributed by atoms with Gasteiger partial charge in [-0.25, -0.2) is 0 Å². The zero-order valence-electron chi connectivity index (χ0n) is 13.9. The Bertz CT molecular complexity index is 989. The van der Waals surface area contributed by atoms with Crippen molar-refractivity contribution in [1.82, 2.24) is 5.32 Å². The highest BCUT2D eigenvalue weighted by Crippen LogP contribution is 2.15. The molecule has 0 fully saturated rings. The lowest BCUT2D eigenvalue weighted by Crippen LogP contribution is -2.33. The van der Waals surface area contributed by atoms with Crippen LogP contribution in [0.3, 0.4) is 0 Å². The molecule has 0 aliphatic rings. The lowest BCUT2D eigenvalue weighted by molar-refractivity contribution is 0.0948. The van der Waals surface area contributed by atoms with Crippen LogP contribution in [0.15, 0.2) is 75.8 Å². The molecular formula is C19H14BrN3O3S. The van der Waals surface area contributed by atoms with E-state index in [0.717, 1.165) is 0 Å². The molecular weight excluding hydrogens is 430 g/mol. The maximum Gasteiger partial charge on any atom is 0.293 e. The Balaban J connectivity index is 1.62. The fraction of sp³-hybridized carbons (Fsp3) is 0. The summed E-state index contributed by atoms with van der Waals surface area (Å²) in [7, 11) is 0. The molecule has 3 N–H and O–H groups in total. The van der Waals surface area contributed by atoms with E-state index < -0.39 is 5.91 Å². The molecule has 0 unspecified atom stereocenters. The Labute approximate surface area is 169 Å². The van der Waals surface area contributed by atoms with Gasteiger partial charge < -0.3 is 15.1 Å². The Morgan fingerprint density at radius 1 is 0.852 bits per heavy atom. The second-order valence-corrected chi connectivity index (χ2v) is 6.60. The molecule has 27 heavy (non-hydrogen) atoms. The normalized spacial score (nSPS) is 10.1. The predicted molar refractivity (Wildman–Crippen MR) is 111 cm³/mol. The summed E-state index contributed by atoms with van der Waals surface area (Å²) in [5, 5.41) is 8.29. The molecule has 2 amide bonds. The molecule has 2 aromatic carbocycles. The van der Waals surface area contributed by atoms with Gasteiger partial charge in [-0.2, -0.15) is 0 Å². The number of nitrogens with one attached hydrogen (secondary N) is 3. The second-order valence-electron chi connectivity index (χ2n) is 5.41. The summed E-state index contributed by atoms with van der Waals surface area (Å²) in [5.74, 6) is -0.599. The molecule has 136 valence electrons. The maximum atomic E-state index is 12.4. The predicted octanol–water partition coefficient (Wildman–Crippen LogP) is 4.42. The number of halogens is 1. The molecule has 6 nitrogen and oxygen atoms in total. The van der Waals surface area contributed by atoms with Crippen LogP contribution in [-0.4, -0.2) is 16.9 Å². The van der Waals surface area contributed by atoms with Crippen molar-refractivity contribution in [3.05, 3.63) is 82.7 Å². The fourth-order valence-corrected chi connectivity index (χ4v) is 2.74. The van der Waals surface area contributed by atoms with E-state index in [-0.39, 0.29) is 16.8 Å². The van der Waals surface area contributed by atoms with Gasteiger partial charge in [0.2, 0.25) is 0 Å². The van der Waals surface area contributed by atoms with Crippen molar-refractivity contribution in [3.63, 3.8) is 0 Å². The third-order valence-electron chi connectivity index (χ3n) is 3.44. The van der Waals surface area contributed by atoms with Crippen molar-refractivity contribution in [3.8, 4) is 0 Å². The summed E-state index contributed by atoms with van der Waals surface area (Å²) < 4.78 is 5.62. The first-order valence-electron chi connectivity index (χ1n) is 7.85. The Hall–Kier alpha value is -2.97. The van der Waals surface area contributed by atoms with Crippen molar-refractivity contribution in [2.45, 2.75) is 0 Å². The third kappa shape index (κ3) is 5.25. The molecule has 0 aliphatic heterocycles. The molecule has 0 spiro atoms. The van der Waals surface area contributed by atoms with Crippen molar-refractivity contribution >= 4 is 56.4 Å². The number of hydrogen-bond donors (Lipinski definition) is 3. The minimum Gasteiger partial charge on any atom is -0.444 e. The van der Waals surface area contributed by atoms with Gasteiger partial charge in [-0.1, -0.05) is 24.3 Å². The van der Waals surface area contributed by atoms with Crippen LogP contribution in [-0.2, 0) is 0 Å². The first kappa shape index (κ1) is 18.8. The van der Waals surface area contributed by atoms with Gasteiger partial charge >= 0.3 is 0 Å². The number of carbonyl (C=O) groups excluding carboxylic acids is 2. The highest BCUT2D eigenvalue weighted by atomic mass is 79.9. The number of para-hydroxylation sites is 1. The van der Waals surface area contributed by atoms with Gasteiger partial charge in [-0.05, 0) is 70.6 Å². The third-order valence-corrected chi connectivity index (χ3v) is 4.07. The van der Waals surface area contributed by atoms with Crippen LogP contribution in [0.25, 0.3) is 0 Å². The minimum absolute atomic E-state index is 0.0909. The summed E-state index contributed by atoms with van der Waals surface area (Å²) >= 11 is 8.27. The van der Waals surface area contributed by atoms with E-state index in [2.05, 4.69) is 31.9 Å². The zero-order valence-corrected chi connectivity index (χ0v) is 16.3. The van der Waals surface area contributed by atoms with E-state index in [4.69, 9.17) is 16.6 Å². The first-order chi connectivity index (χ1) is 13.0. The van der Waals surface area contributed by atoms with Gasteiger partial charge in [0.1, 0.15) is 0 Å².